The molecule has 136 valence electrons. The van der Waals surface area contributed by atoms with Crippen LogP contribution >= 0.6 is 7.87 Å². The Morgan fingerprint density at radius 1 is 0.875 bits per heavy atom. The van der Waals surface area contributed by atoms with E-state index in [1.807, 2.05) is 18.2 Å². The van der Waals surface area contributed by atoms with Gasteiger partial charge < -0.3 is 17.3 Å². The van der Waals surface area contributed by atoms with Gasteiger partial charge in [0.15, 0.2) is 0 Å². The van der Waals surface area contributed by atoms with Crippen LogP contribution in [0.4, 0.5) is 17.3 Å². The second-order valence-corrected chi connectivity index (χ2v) is 9.39. The van der Waals surface area contributed by atoms with Crippen LogP contribution in [0.2, 0.25) is 0 Å². The lowest BCUT2D eigenvalue weighted by Crippen LogP contribution is -2.40. The first-order valence-corrected chi connectivity index (χ1v) is 8.63. The van der Waals surface area contributed by atoms with Gasteiger partial charge in [-0.3, -0.25) is 0 Å². The SMILES string of the molecule is CN(C)[P+](N(C)C)(N(C)C)n1nnc2ccccc21.F[B-](F)(F)F. The highest BCUT2D eigenvalue weighted by Crippen LogP contribution is 2.64. The molecule has 24 heavy (non-hydrogen) atoms. The van der Waals surface area contributed by atoms with Crippen molar-refractivity contribution in [3.8, 4) is 0 Å². The third kappa shape index (κ3) is 4.41. The van der Waals surface area contributed by atoms with Crippen molar-refractivity contribution >= 4 is 26.2 Å². The summed E-state index contributed by atoms with van der Waals surface area (Å²) < 4.78 is 47.7. The molecule has 0 unspecified atom stereocenters. The summed E-state index contributed by atoms with van der Waals surface area (Å²) in [7, 11) is 4.61. The van der Waals surface area contributed by atoms with E-state index in [4.69, 9.17) is 0 Å². The van der Waals surface area contributed by atoms with Gasteiger partial charge in [0.05, 0.1) is 0 Å². The maximum Gasteiger partial charge on any atom is 0.673 e. The highest BCUT2D eigenvalue weighted by atomic mass is 31.2. The van der Waals surface area contributed by atoms with E-state index in [1.54, 1.807) is 0 Å². The summed E-state index contributed by atoms with van der Waals surface area (Å²) in [6.07, 6.45) is 0. The molecule has 0 aliphatic carbocycles. The van der Waals surface area contributed by atoms with Gasteiger partial charge in [0.1, 0.15) is 11.0 Å². The molecule has 0 atom stereocenters. The zero-order valence-corrected chi connectivity index (χ0v) is 15.4. The first-order valence-electron chi connectivity index (χ1n) is 7.03. The molecule has 0 aliphatic rings. The van der Waals surface area contributed by atoms with Crippen molar-refractivity contribution in [2.45, 2.75) is 0 Å². The van der Waals surface area contributed by atoms with E-state index in [0.29, 0.717) is 0 Å². The zero-order valence-electron chi connectivity index (χ0n) is 14.5. The number of fused-ring (bicyclic) bond motifs is 1. The van der Waals surface area contributed by atoms with Crippen LogP contribution in [0.5, 0.6) is 0 Å². The summed E-state index contributed by atoms with van der Waals surface area (Å²) >= 11 is 0. The van der Waals surface area contributed by atoms with Gasteiger partial charge in [-0.05, 0) is 17.3 Å². The molecule has 0 spiro atoms. The molecule has 0 aliphatic heterocycles. The van der Waals surface area contributed by atoms with E-state index in [9.17, 15) is 17.3 Å². The van der Waals surface area contributed by atoms with Gasteiger partial charge >= 0.3 is 15.1 Å². The number of halogens is 4. The van der Waals surface area contributed by atoms with E-state index >= 15 is 0 Å². The third-order valence-corrected chi connectivity index (χ3v) is 7.22. The molecule has 0 saturated carbocycles. The Hall–Kier alpha value is -1.29. The average Bonchev–Trinajstić information content (AvgIpc) is 2.81. The highest BCUT2D eigenvalue weighted by molar-refractivity contribution is 7.67. The van der Waals surface area contributed by atoms with Crippen LogP contribution in [0.3, 0.4) is 0 Å². The van der Waals surface area contributed by atoms with Crippen LogP contribution in [-0.4, -0.2) is 78.3 Å². The molecule has 6 nitrogen and oxygen atoms in total. The minimum Gasteiger partial charge on any atom is -0.418 e. The van der Waals surface area contributed by atoms with E-state index in [0.717, 1.165) is 11.0 Å². The van der Waals surface area contributed by atoms with Gasteiger partial charge in [-0.2, -0.15) is 0 Å². The Bertz CT molecular complexity index is 633. The lowest BCUT2D eigenvalue weighted by molar-refractivity contribution is 0.368. The predicted molar refractivity (Wildman–Crippen MR) is 91.1 cm³/mol. The standard InChI is InChI=1S/C12H22N6P.BF4/c1-15(2)19(16(3)4,17(5)6)18-12-10-8-7-9-11(12)13-14-18;2-1(3,4)5/h7-10H,1-6H3;/q+1;-1. The molecule has 0 saturated heterocycles. The summed E-state index contributed by atoms with van der Waals surface area (Å²) in [4.78, 5) is 0. The first kappa shape index (κ1) is 20.8. The topological polar surface area (TPSA) is 40.4 Å². The summed E-state index contributed by atoms with van der Waals surface area (Å²) in [6, 6.07) is 8.08. The van der Waals surface area contributed by atoms with E-state index in [2.05, 4.69) is 77.1 Å². The van der Waals surface area contributed by atoms with E-state index in [1.165, 1.54) is 0 Å². The lowest BCUT2D eigenvalue weighted by atomic mass is 10.3. The smallest absolute Gasteiger partial charge is 0.418 e. The molecule has 2 rings (SSSR count). The van der Waals surface area contributed by atoms with Crippen LogP contribution in [0.25, 0.3) is 11.0 Å². The number of para-hydroxylation sites is 1. The van der Waals surface area contributed by atoms with Gasteiger partial charge in [-0.15, -0.1) is 19.1 Å². The van der Waals surface area contributed by atoms with Crippen molar-refractivity contribution in [3.05, 3.63) is 24.3 Å². The van der Waals surface area contributed by atoms with E-state index in [-0.39, 0.29) is 0 Å². The lowest BCUT2D eigenvalue weighted by Gasteiger charge is -2.38. The van der Waals surface area contributed by atoms with Crippen molar-refractivity contribution in [3.63, 3.8) is 0 Å². The fraction of sp³-hybridized carbons (Fsp3) is 0.500. The molecule has 2 aromatic rings. The van der Waals surface area contributed by atoms with Gasteiger partial charge in [0.25, 0.3) is 0 Å². The Labute approximate surface area is 139 Å². The number of hydrogen-bond acceptors (Lipinski definition) is 5. The Morgan fingerprint density at radius 2 is 1.29 bits per heavy atom. The van der Waals surface area contributed by atoms with Crippen molar-refractivity contribution in [1.29, 1.82) is 0 Å². The normalized spacial score (nSPS) is 12.9. The summed E-state index contributed by atoms with van der Waals surface area (Å²) in [5, 5.41) is 8.72. The maximum atomic E-state index is 9.75. The molecule has 0 N–H and O–H groups in total. The highest BCUT2D eigenvalue weighted by Gasteiger charge is 2.52. The largest absolute Gasteiger partial charge is 0.673 e. The molecule has 0 radical (unpaired) electrons. The predicted octanol–water partition coefficient (Wildman–Crippen LogP) is 2.94. The van der Waals surface area contributed by atoms with Crippen molar-refractivity contribution in [2.75, 3.05) is 42.3 Å². The second kappa shape index (κ2) is 7.73. The fourth-order valence-corrected chi connectivity index (χ4v) is 6.41. The molecule has 0 bridgehead atoms. The minimum absolute atomic E-state index is 0.928. The van der Waals surface area contributed by atoms with Crippen LogP contribution < -0.4 is 0 Å². The van der Waals surface area contributed by atoms with E-state index < -0.39 is 15.1 Å². The van der Waals surface area contributed by atoms with Crippen molar-refractivity contribution < 1.29 is 17.3 Å². The number of hydrogen-bond donors (Lipinski definition) is 0. The van der Waals surface area contributed by atoms with Crippen LogP contribution in [0.1, 0.15) is 0 Å². The number of aromatic nitrogens is 3. The van der Waals surface area contributed by atoms with Crippen molar-refractivity contribution in [2.24, 2.45) is 0 Å². The van der Waals surface area contributed by atoms with Crippen LogP contribution in [0.15, 0.2) is 24.3 Å². The molecular formula is C12H22BF4N6P. The first-order chi connectivity index (χ1) is 10.9. The zero-order chi connectivity index (χ0) is 18.7. The molecule has 1 aromatic heterocycles. The average molecular weight is 368 g/mol. The summed E-state index contributed by atoms with van der Waals surface area (Å²) in [5.41, 5.74) is 1.99. The Balaban J connectivity index is 0.000000505. The third-order valence-electron chi connectivity index (χ3n) is 3.20. The summed E-state index contributed by atoms with van der Waals surface area (Å²) in [6.45, 7) is 0. The number of nitrogens with zero attached hydrogens (tertiary/aromatic N) is 6. The molecule has 1 heterocycles. The molecular weight excluding hydrogens is 346 g/mol. The van der Waals surface area contributed by atoms with Crippen LogP contribution in [0, 0.1) is 0 Å². The number of benzene rings is 1. The van der Waals surface area contributed by atoms with Gasteiger partial charge in [0, 0.05) is 42.3 Å². The van der Waals surface area contributed by atoms with Crippen LogP contribution in [-0.2, 0) is 0 Å². The Kier molecular flexibility index (Phi) is 6.69. The molecule has 0 amide bonds. The quantitative estimate of drug-likeness (QED) is 0.472. The maximum absolute atomic E-state index is 9.75. The second-order valence-electron chi connectivity index (χ2n) is 5.54. The molecule has 12 heteroatoms. The van der Waals surface area contributed by atoms with Gasteiger partial charge in [-0.25, -0.2) is 0 Å². The summed E-state index contributed by atoms with van der Waals surface area (Å²) in [5.74, 6) is 0. The molecule has 0 fully saturated rings. The fourth-order valence-electron chi connectivity index (χ4n) is 2.64. The monoisotopic (exact) mass is 368 g/mol. The van der Waals surface area contributed by atoms with Crippen molar-refractivity contribution in [1.82, 2.24) is 28.8 Å². The Morgan fingerprint density at radius 3 is 1.71 bits per heavy atom. The molecule has 1 aromatic carbocycles. The minimum atomic E-state index is -6.00. The number of rotatable bonds is 4. The van der Waals surface area contributed by atoms with Gasteiger partial charge in [0.2, 0.25) is 0 Å². The van der Waals surface area contributed by atoms with Gasteiger partial charge in [-0.1, -0.05) is 16.6 Å².